The van der Waals surface area contributed by atoms with E-state index in [4.69, 9.17) is 4.74 Å². The van der Waals surface area contributed by atoms with Crippen LogP contribution < -0.4 is 4.74 Å². The first-order valence-corrected chi connectivity index (χ1v) is 9.08. The summed E-state index contributed by atoms with van der Waals surface area (Å²) < 4.78 is 8.06. The number of hydrogen-bond acceptors (Lipinski definition) is 5. The van der Waals surface area contributed by atoms with Gasteiger partial charge in [-0.3, -0.25) is 14.6 Å². The molecule has 0 aromatic carbocycles. The Morgan fingerprint density at radius 2 is 2.21 bits per heavy atom. The van der Waals surface area contributed by atoms with E-state index in [-0.39, 0.29) is 0 Å². The minimum atomic E-state index is 0.394. The Kier molecular flexibility index (Phi) is 4.57. The highest BCUT2D eigenvalue weighted by molar-refractivity contribution is 7.07. The minimum Gasteiger partial charge on any atom is -0.492 e. The molecule has 0 fully saturated rings. The number of ether oxygens (including phenoxy) is 1. The number of fused-ring (bicyclic) bond motifs is 1. The lowest BCUT2D eigenvalue weighted by Gasteiger charge is -2.23. The molecule has 124 valence electrons. The van der Waals surface area contributed by atoms with Crippen LogP contribution in [0.1, 0.15) is 11.3 Å². The second-order valence-electron chi connectivity index (χ2n) is 6.17. The number of rotatable bonds is 5. The zero-order valence-corrected chi connectivity index (χ0v) is 14.2. The molecule has 3 aromatic rings. The Bertz CT molecular complexity index is 756. The molecule has 0 amide bonds. The normalized spacial score (nSPS) is 18.1. The molecule has 1 atom stereocenters. The number of pyridine rings is 1. The van der Waals surface area contributed by atoms with E-state index in [1.54, 1.807) is 23.7 Å². The summed E-state index contributed by atoms with van der Waals surface area (Å²) in [5, 5.41) is 8.84. The monoisotopic (exact) mass is 340 g/mol. The molecule has 4 heterocycles. The molecule has 1 aliphatic rings. The van der Waals surface area contributed by atoms with Gasteiger partial charge in [0.25, 0.3) is 0 Å². The predicted molar refractivity (Wildman–Crippen MR) is 93.9 cm³/mol. The third kappa shape index (κ3) is 3.66. The Morgan fingerprint density at radius 3 is 3.04 bits per heavy atom. The van der Waals surface area contributed by atoms with Gasteiger partial charge < -0.3 is 4.74 Å². The first kappa shape index (κ1) is 15.4. The molecule has 0 N–H and O–H groups in total. The van der Waals surface area contributed by atoms with E-state index in [1.807, 2.05) is 18.3 Å². The van der Waals surface area contributed by atoms with Crippen molar-refractivity contribution in [3.8, 4) is 5.75 Å². The molecule has 0 bridgehead atoms. The van der Waals surface area contributed by atoms with Crippen molar-refractivity contribution in [2.24, 2.45) is 5.92 Å². The van der Waals surface area contributed by atoms with Gasteiger partial charge in [0, 0.05) is 44.5 Å². The van der Waals surface area contributed by atoms with Gasteiger partial charge in [-0.1, -0.05) is 0 Å². The highest BCUT2D eigenvalue weighted by Crippen LogP contribution is 2.20. The average Bonchev–Trinajstić information content (AvgIpc) is 3.23. The first-order valence-electron chi connectivity index (χ1n) is 8.14. The standard InChI is InChI=1S/C18H20N4OS/c1-2-18(8-19-5-1)23-13-16-10-21(9-15-4-7-24-14-15)12-17-3-6-20-22(17)11-16/h1-8,14,16H,9-13H2. The largest absolute Gasteiger partial charge is 0.492 e. The third-order valence-electron chi connectivity index (χ3n) is 4.24. The van der Waals surface area contributed by atoms with Crippen molar-refractivity contribution in [1.82, 2.24) is 19.7 Å². The number of hydrogen-bond donors (Lipinski definition) is 0. The van der Waals surface area contributed by atoms with Crippen molar-refractivity contribution in [2.75, 3.05) is 13.2 Å². The van der Waals surface area contributed by atoms with Crippen LogP contribution >= 0.6 is 11.3 Å². The van der Waals surface area contributed by atoms with Crippen molar-refractivity contribution < 1.29 is 4.74 Å². The van der Waals surface area contributed by atoms with Gasteiger partial charge >= 0.3 is 0 Å². The molecule has 1 unspecified atom stereocenters. The fraction of sp³-hybridized carbons (Fsp3) is 0.333. The predicted octanol–water partition coefficient (Wildman–Crippen LogP) is 3.05. The van der Waals surface area contributed by atoms with Crippen molar-refractivity contribution in [1.29, 1.82) is 0 Å². The van der Waals surface area contributed by atoms with Crippen LogP contribution in [0.4, 0.5) is 0 Å². The molecule has 0 saturated heterocycles. The van der Waals surface area contributed by atoms with Gasteiger partial charge in [0.15, 0.2) is 0 Å². The maximum Gasteiger partial charge on any atom is 0.137 e. The van der Waals surface area contributed by atoms with Gasteiger partial charge in [-0.15, -0.1) is 0 Å². The van der Waals surface area contributed by atoms with Gasteiger partial charge in [0.05, 0.1) is 18.5 Å². The molecule has 5 nitrogen and oxygen atoms in total. The first-order chi connectivity index (χ1) is 11.9. The number of thiophene rings is 1. The minimum absolute atomic E-state index is 0.394. The lowest BCUT2D eigenvalue weighted by molar-refractivity contribution is 0.166. The lowest BCUT2D eigenvalue weighted by Crippen LogP contribution is -2.30. The van der Waals surface area contributed by atoms with E-state index in [0.29, 0.717) is 12.5 Å². The SMILES string of the molecule is c1cncc(OCC2CN(Cc3ccsc3)Cc3ccnn3C2)c1. The fourth-order valence-corrected chi connectivity index (χ4v) is 3.79. The Hall–Kier alpha value is -2.18. The second-order valence-corrected chi connectivity index (χ2v) is 6.95. The Balaban J connectivity index is 1.46. The van der Waals surface area contributed by atoms with Gasteiger partial charge in [0.1, 0.15) is 5.75 Å². The summed E-state index contributed by atoms with van der Waals surface area (Å²) in [6.45, 7) is 4.46. The highest BCUT2D eigenvalue weighted by atomic mass is 32.1. The van der Waals surface area contributed by atoms with Gasteiger partial charge in [0.2, 0.25) is 0 Å². The van der Waals surface area contributed by atoms with Crippen LogP contribution in [0.3, 0.4) is 0 Å². The van der Waals surface area contributed by atoms with Crippen LogP contribution in [-0.2, 0) is 19.6 Å². The van der Waals surface area contributed by atoms with Crippen LogP contribution in [0.2, 0.25) is 0 Å². The quantitative estimate of drug-likeness (QED) is 0.716. The van der Waals surface area contributed by atoms with Crippen LogP contribution in [0.15, 0.2) is 53.6 Å². The van der Waals surface area contributed by atoms with Crippen LogP contribution in [-0.4, -0.2) is 32.8 Å². The van der Waals surface area contributed by atoms with Crippen molar-refractivity contribution in [3.63, 3.8) is 0 Å². The van der Waals surface area contributed by atoms with Crippen molar-refractivity contribution in [3.05, 3.63) is 64.9 Å². The Labute approximate surface area is 145 Å². The van der Waals surface area contributed by atoms with E-state index < -0.39 is 0 Å². The smallest absolute Gasteiger partial charge is 0.137 e. The van der Waals surface area contributed by atoms with E-state index in [0.717, 1.165) is 31.9 Å². The molecule has 6 heteroatoms. The lowest BCUT2D eigenvalue weighted by atomic mass is 10.1. The van der Waals surface area contributed by atoms with E-state index in [1.165, 1.54) is 11.3 Å². The van der Waals surface area contributed by atoms with Gasteiger partial charge in [-0.2, -0.15) is 16.4 Å². The van der Waals surface area contributed by atoms with Crippen LogP contribution in [0, 0.1) is 5.92 Å². The zero-order chi connectivity index (χ0) is 16.2. The third-order valence-corrected chi connectivity index (χ3v) is 4.98. The summed E-state index contributed by atoms with van der Waals surface area (Å²) in [4.78, 5) is 6.59. The summed E-state index contributed by atoms with van der Waals surface area (Å²) in [5.74, 6) is 1.22. The summed E-state index contributed by atoms with van der Waals surface area (Å²) in [7, 11) is 0. The summed E-state index contributed by atoms with van der Waals surface area (Å²) in [6, 6.07) is 8.17. The van der Waals surface area contributed by atoms with E-state index >= 15 is 0 Å². The van der Waals surface area contributed by atoms with E-state index in [9.17, 15) is 0 Å². The maximum atomic E-state index is 5.95. The number of aromatic nitrogens is 3. The molecule has 0 saturated carbocycles. The molecule has 0 spiro atoms. The summed E-state index contributed by atoms with van der Waals surface area (Å²) >= 11 is 1.75. The van der Waals surface area contributed by atoms with Gasteiger partial charge in [-0.05, 0) is 40.6 Å². The molecule has 3 aromatic heterocycles. The molecule has 0 aliphatic carbocycles. The van der Waals surface area contributed by atoms with Crippen molar-refractivity contribution >= 4 is 11.3 Å². The second kappa shape index (κ2) is 7.15. The average molecular weight is 340 g/mol. The molecule has 0 radical (unpaired) electrons. The molecular weight excluding hydrogens is 320 g/mol. The highest BCUT2D eigenvalue weighted by Gasteiger charge is 2.23. The van der Waals surface area contributed by atoms with E-state index in [2.05, 4.69) is 42.6 Å². The molecule has 1 aliphatic heterocycles. The van der Waals surface area contributed by atoms with Crippen molar-refractivity contribution in [2.45, 2.75) is 19.6 Å². The van der Waals surface area contributed by atoms with Crippen LogP contribution in [0.25, 0.3) is 0 Å². The number of nitrogens with zero attached hydrogens (tertiary/aromatic N) is 4. The summed E-state index contributed by atoms with van der Waals surface area (Å²) in [5.41, 5.74) is 2.65. The molecular formula is C18H20N4OS. The topological polar surface area (TPSA) is 43.2 Å². The zero-order valence-electron chi connectivity index (χ0n) is 13.4. The molecule has 24 heavy (non-hydrogen) atoms. The molecule has 4 rings (SSSR count). The van der Waals surface area contributed by atoms with Crippen LogP contribution in [0.5, 0.6) is 5.75 Å². The maximum absolute atomic E-state index is 5.95. The Morgan fingerprint density at radius 1 is 1.21 bits per heavy atom. The fourth-order valence-electron chi connectivity index (χ4n) is 3.13. The van der Waals surface area contributed by atoms with Gasteiger partial charge in [-0.25, -0.2) is 0 Å². The summed E-state index contributed by atoms with van der Waals surface area (Å²) in [6.07, 6.45) is 5.42.